The van der Waals surface area contributed by atoms with E-state index in [0.29, 0.717) is 36.8 Å². The third kappa shape index (κ3) is 6.57. The van der Waals surface area contributed by atoms with Crippen molar-refractivity contribution in [3.63, 3.8) is 0 Å². The molecule has 8 heteroatoms. The summed E-state index contributed by atoms with van der Waals surface area (Å²) in [5.74, 6) is 1.30. The lowest BCUT2D eigenvalue weighted by Gasteiger charge is -2.28. The van der Waals surface area contributed by atoms with Crippen molar-refractivity contribution in [3.05, 3.63) is 75.5 Å². The molecule has 0 saturated carbocycles. The van der Waals surface area contributed by atoms with Crippen LogP contribution >= 0.6 is 11.3 Å². The minimum absolute atomic E-state index is 0.00662. The molecule has 0 atom stereocenters. The van der Waals surface area contributed by atoms with Crippen LogP contribution in [0.2, 0.25) is 0 Å². The van der Waals surface area contributed by atoms with Gasteiger partial charge in [0.25, 0.3) is 0 Å². The van der Waals surface area contributed by atoms with Crippen LogP contribution in [0.3, 0.4) is 0 Å². The number of thiophene rings is 1. The van der Waals surface area contributed by atoms with Crippen molar-refractivity contribution in [1.29, 1.82) is 0 Å². The third-order valence-electron chi connectivity index (χ3n) is 6.16. The molecule has 0 spiro atoms. The van der Waals surface area contributed by atoms with Gasteiger partial charge in [0.1, 0.15) is 6.54 Å². The van der Waals surface area contributed by atoms with Crippen LogP contribution in [0.25, 0.3) is 0 Å². The van der Waals surface area contributed by atoms with Crippen LogP contribution in [0.5, 0.6) is 11.5 Å². The third-order valence-corrected chi connectivity index (χ3v) is 7.17. The molecule has 1 aliphatic heterocycles. The van der Waals surface area contributed by atoms with Gasteiger partial charge in [0.05, 0.1) is 6.54 Å². The molecular weight excluding hydrogens is 474 g/mol. The minimum atomic E-state index is -0.268. The summed E-state index contributed by atoms with van der Waals surface area (Å²) >= 11 is 1.64. The summed E-state index contributed by atoms with van der Waals surface area (Å²) < 4.78 is 11.0. The molecule has 0 aliphatic carbocycles. The highest BCUT2D eigenvalue weighted by atomic mass is 32.1. The van der Waals surface area contributed by atoms with E-state index in [9.17, 15) is 9.59 Å². The molecule has 4 rings (SSSR count). The topological polar surface area (TPSA) is 71.1 Å². The fraction of sp³-hybridized carbons (Fsp3) is 0.357. The van der Waals surface area contributed by atoms with Crippen molar-refractivity contribution >= 4 is 29.0 Å². The number of carbonyl (C=O) groups excluding carboxylic acids is 2. The number of hydrogen-bond acceptors (Lipinski definition) is 5. The SMILES string of the molecule is CCCCN(CC(=O)N(Cc1ccc2c(c1)OCO2)Cc1sccc1C)C(=O)Nc1ccc(C)cc1. The Labute approximate surface area is 216 Å². The Morgan fingerprint density at radius 2 is 1.75 bits per heavy atom. The van der Waals surface area contributed by atoms with Crippen LogP contribution in [0.15, 0.2) is 53.9 Å². The molecule has 7 nitrogen and oxygen atoms in total. The van der Waals surface area contributed by atoms with Gasteiger partial charge >= 0.3 is 6.03 Å². The summed E-state index contributed by atoms with van der Waals surface area (Å²) in [6.45, 7) is 7.75. The maximum atomic E-state index is 13.6. The number of hydrogen-bond donors (Lipinski definition) is 1. The first kappa shape index (κ1) is 25.6. The van der Waals surface area contributed by atoms with Gasteiger partial charge in [0.15, 0.2) is 11.5 Å². The van der Waals surface area contributed by atoms with Gasteiger partial charge in [-0.2, -0.15) is 0 Å². The van der Waals surface area contributed by atoms with Gasteiger partial charge in [0, 0.05) is 23.7 Å². The minimum Gasteiger partial charge on any atom is -0.454 e. The first-order chi connectivity index (χ1) is 17.4. The van der Waals surface area contributed by atoms with Crippen molar-refractivity contribution in [1.82, 2.24) is 9.80 Å². The Hall–Kier alpha value is -3.52. The summed E-state index contributed by atoms with van der Waals surface area (Å²) in [5.41, 5.74) is 3.94. The molecular formula is C28H33N3O4S. The second-order valence-electron chi connectivity index (χ2n) is 9.04. The smallest absolute Gasteiger partial charge is 0.322 e. The molecule has 0 unspecified atom stereocenters. The van der Waals surface area contributed by atoms with E-state index in [1.165, 1.54) is 0 Å². The molecule has 3 aromatic rings. The van der Waals surface area contributed by atoms with Crippen LogP contribution in [-0.2, 0) is 17.9 Å². The Kier molecular flexibility index (Phi) is 8.48. The summed E-state index contributed by atoms with van der Waals surface area (Å²) in [5, 5.41) is 4.98. The van der Waals surface area contributed by atoms with E-state index >= 15 is 0 Å². The summed E-state index contributed by atoms with van der Waals surface area (Å²) in [6.07, 6.45) is 1.75. The van der Waals surface area contributed by atoms with Crippen LogP contribution in [-0.4, -0.2) is 41.6 Å². The zero-order valence-electron chi connectivity index (χ0n) is 21.1. The van der Waals surface area contributed by atoms with Crippen molar-refractivity contribution in [2.45, 2.75) is 46.7 Å². The second kappa shape index (κ2) is 11.9. The number of nitrogens with one attached hydrogen (secondary N) is 1. The van der Waals surface area contributed by atoms with Crippen molar-refractivity contribution in [2.24, 2.45) is 0 Å². The van der Waals surface area contributed by atoms with Gasteiger partial charge in [0.2, 0.25) is 12.7 Å². The van der Waals surface area contributed by atoms with E-state index in [-0.39, 0.29) is 25.3 Å². The van der Waals surface area contributed by atoms with Gasteiger partial charge in [-0.15, -0.1) is 11.3 Å². The molecule has 0 bridgehead atoms. The van der Waals surface area contributed by atoms with E-state index in [0.717, 1.165) is 34.4 Å². The number of fused-ring (bicyclic) bond motifs is 1. The number of nitrogens with zero attached hydrogens (tertiary/aromatic N) is 2. The fourth-order valence-electron chi connectivity index (χ4n) is 3.94. The molecule has 1 N–H and O–H groups in total. The Morgan fingerprint density at radius 1 is 0.972 bits per heavy atom. The van der Waals surface area contributed by atoms with E-state index in [2.05, 4.69) is 25.2 Å². The Balaban J connectivity index is 1.51. The van der Waals surface area contributed by atoms with Gasteiger partial charge in [-0.1, -0.05) is 37.1 Å². The molecule has 3 amide bonds. The first-order valence-electron chi connectivity index (χ1n) is 12.2. The molecule has 0 fully saturated rings. The van der Waals surface area contributed by atoms with Crippen molar-refractivity contribution in [2.75, 3.05) is 25.2 Å². The largest absolute Gasteiger partial charge is 0.454 e. The highest BCUT2D eigenvalue weighted by Crippen LogP contribution is 2.33. The molecule has 36 heavy (non-hydrogen) atoms. The zero-order chi connectivity index (χ0) is 25.5. The van der Waals surface area contributed by atoms with Crippen molar-refractivity contribution < 1.29 is 19.1 Å². The van der Waals surface area contributed by atoms with Crippen LogP contribution in [0, 0.1) is 13.8 Å². The normalized spacial score (nSPS) is 11.9. The lowest BCUT2D eigenvalue weighted by Crippen LogP contribution is -2.44. The van der Waals surface area contributed by atoms with Crippen molar-refractivity contribution in [3.8, 4) is 11.5 Å². The quantitative estimate of drug-likeness (QED) is 0.368. The Bertz CT molecular complexity index is 1190. The first-order valence-corrected chi connectivity index (χ1v) is 13.1. The number of ether oxygens (including phenoxy) is 2. The van der Waals surface area contributed by atoms with Crippen LogP contribution < -0.4 is 14.8 Å². The monoisotopic (exact) mass is 507 g/mol. The second-order valence-corrected chi connectivity index (χ2v) is 10.0. The number of benzene rings is 2. The number of carbonyl (C=O) groups is 2. The van der Waals surface area contributed by atoms with Gasteiger partial charge in [-0.3, -0.25) is 4.79 Å². The molecule has 190 valence electrons. The zero-order valence-corrected chi connectivity index (χ0v) is 21.9. The van der Waals surface area contributed by atoms with Crippen LogP contribution in [0.4, 0.5) is 10.5 Å². The summed E-state index contributed by atoms with van der Waals surface area (Å²) in [7, 11) is 0. The highest BCUT2D eigenvalue weighted by molar-refractivity contribution is 7.10. The van der Waals surface area contributed by atoms with E-state index in [1.807, 2.05) is 59.7 Å². The van der Waals surface area contributed by atoms with E-state index in [1.54, 1.807) is 16.2 Å². The predicted molar refractivity (Wildman–Crippen MR) is 143 cm³/mol. The van der Waals surface area contributed by atoms with E-state index in [4.69, 9.17) is 9.47 Å². The molecule has 0 saturated heterocycles. The summed E-state index contributed by atoms with van der Waals surface area (Å²) in [6, 6.07) is 15.2. The van der Waals surface area contributed by atoms with E-state index < -0.39 is 0 Å². The number of rotatable bonds is 10. The molecule has 2 heterocycles. The standard InChI is InChI=1S/C28H33N3O4S/c1-4-5-13-30(28(33)29-23-9-6-20(2)7-10-23)18-27(32)31(17-26-21(3)12-14-36-26)16-22-8-11-24-25(15-22)35-19-34-24/h6-12,14-15H,4-5,13,16-19H2,1-3H3,(H,29,33). The van der Waals surface area contributed by atoms with Gasteiger partial charge in [-0.25, -0.2) is 4.79 Å². The molecule has 1 aromatic heterocycles. The Morgan fingerprint density at radius 3 is 2.47 bits per heavy atom. The lowest BCUT2D eigenvalue weighted by molar-refractivity contribution is -0.133. The van der Waals surface area contributed by atoms with Gasteiger partial charge < -0.3 is 24.6 Å². The number of amides is 3. The fourth-order valence-corrected chi connectivity index (χ4v) is 4.86. The van der Waals surface area contributed by atoms with Gasteiger partial charge in [-0.05, 0) is 67.1 Å². The number of urea groups is 1. The van der Waals surface area contributed by atoms with Crippen LogP contribution in [0.1, 0.15) is 41.3 Å². The summed E-state index contributed by atoms with van der Waals surface area (Å²) in [4.78, 5) is 31.3. The number of aryl methyl sites for hydroxylation is 2. The molecule has 1 aliphatic rings. The average molecular weight is 508 g/mol. The number of anilines is 1. The molecule has 2 aromatic carbocycles. The molecule has 0 radical (unpaired) electrons. The average Bonchev–Trinajstić information content (AvgIpc) is 3.50. The predicted octanol–water partition coefficient (Wildman–Crippen LogP) is 5.96. The number of unbranched alkanes of at least 4 members (excludes halogenated alkanes) is 1. The maximum absolute atomic E-state index is 13.6. The lowest BCUT2D eigenvalue weighted by atomic mass is 10.1. The maximum Gasteiger partial charge on any atom is 0.322 e. The highest BCUT2D eigenvalue weighted by Gasteiger charge is 2.23.